The van der Waals surface area contributed by atoms with Gasteiger partial charge in [0.2, 0.25) is 0 Å². The second-order valence-electron chi connectivity index (χ2n) is 6.36. The van der Waals surface area contributed by atoms with Gasteiger partial charge < -0.3 is 19.9 Å². The molecule has 7 heteroatoms. The van der Waals surface area contributed by atoms with E-state index in [-0.39, 0.29) is 24.0 Å². The van der Waals surface area contributed by atoms with Crippen molar-refractivity contribution >= 4 is 29.9 Å². The topological polar surface area (TPSA) is 53.0 Å². The van der Waals surface area contributed by atoms with Crippen molar-refractivity contribution in [2.75, 3.05) is 52.4 Å². The van der Waals surface area contributed by atoms with Crippen LogP contribution in [-0.2, 0) is 0 Å². The predicted octanol–water partition coefficient (Wildman–Crippen LogP) is 2.71. The molecule has 0 radical (unpaired) electrons. The zero-order valence-corrected chi connectivity index (χ0v) is 18.7. The van der Waals surface area contributed by atoms with Gasteiger partial charge in [0.15, 0.2) is 5.96 Å². The fraction of sp³-hybridized carbons (Fsp3) is 0.684. The van der Waals surface area contributed by atoms with E-state index in [0.717, 1.165) is 50.4 Å². The maximum Gasteiger partial charge on any atom is 0.194 e. The second-order valence-corrected chi connectivity index (χ2v) is 6.36. The highest BCUT2D eigenvalue weighted by molar-refractivity contribution is 14.0. The number of halogens is 1. The molecule has 1 aromatic heterocycles. The van der Waals surface area contributed by atoms with Gasteiger partial charge in [-0.1, -0.05) is 13.8 Å². The molecule has 0 bridgehead atoms. The van der Waals surface area contributed by atoms with Crippen LogP contribution in [0.2, 0.25) is 0 Å². The van der Waals surface area contributed by atoms with Gasteiger partial charge in [-0.05, 0) is 44.5 Å². The van der Waals surface area contributed by atoms with Crippen molar-refractivity contribution in [3.8, 4) is 5.75 Å². The summed E-state index contributed by atoms with van der Waals surface area (Å²) in [4.78, 5) is 13.7. The maximum atomic E-state index is 5.68. The van der Waals surface area contributed by atoms with Crippen LogP contribution in [-0.4, -0.2) is 73.2 Å². The Labute approximate surface area is 175 Å². The van der Waals surface area contributed by atoms with Crippen LogP contribution in [0.1, 0.15) is 27.2 Å². The first-order valence-corrected chi connectivity index (χ1v) is 9.55. The van der Waals surface area contributed by atoms with Crippen molar-refractivity contribution in [2.24, 2.45) is 10.9 Å². The van der Waals surface area contributed by atoms with Gasteiger partial charge >= 0.3 is 0 Å². The molecule has 0 aliphatic carbocycles. The van der Waals surface area contributed by atoms with Crippen LogP contribution in [0.25, 0.3) is 0 Å². The number of nitrogens with one attached hydrogen (secondary N) is 1. The molecule has 0 spiro atoms. The largest absolute Gasteiger partial charge is 0.490 e. The van der Waals surface area contributed by atoms with Crippen LogP contribution in [0.4, 0.5) is 0 Å². The Kier molecular flexibility index (Phi) is 11.6. The first-order valence-electron chi connectivity index (χ1n) is 9.55. The third-order valence-electron chi connectivity index (χ3n) is 4.59. The molecular weight excluding hydrogens is 441 g/mol. The maximum absolute atomic E-state index is 5.68. The van der Waals surface area contributed by atoms with E-state index < -0.39 is 0 Å². The van der Waals surface area contributed by atoms with Crippen molar-refractivity contribution in [3.63, 3.8) is 0 Å². The van der Waals surface area contributed by atoms with Gasteiger partial charge in [0.25, 0.3) is 0 Å². The number of guanidine groups is 1. The van der Waals surface area contributed by atoms with Crippen LogP contribution in [0.3, 0.4) is 0 Å². The molecule has 26 heavy (non-hydrogen) atoms. The number of pyridine rings is 1. The monoisotopic (exact) mass is 475 g/mol. The van der Waals surface area contributed by atoms with Gasteiger partial charge in [0.1, 0.15) is 12.4 Å². The molecule has 1 atom stereocenters. The number of ether oxygens (including phenoxy) is 1. The van der Waals surface area contributed by atoms with E-state index in [1.165, 1.54) is 13.0 Å². The van der Waals surface area contributed by atoms with Crippen molar-refractivity contribution in [1.82, 2.24) is 20.1 Å². The summed E-state index contributed by atoms with van der Waals surface area (Å²) in [5, 5.41) is 3.42. The van der Waals surface area contributed by atoms with Gasteiger partial charge in [0, 0.05) is 32.4 Å². The molecule has 0 aromatic carbocycles. The molecule has 0 saturated carbocycles. The lowest BCUT2D eigenvalue weighted by Crippen LogP contribution is -2.41. The highest BCUT2D eigenvalue weighted by Crippen LogP contribution is 2.17. The summed E-state index contributed by atoms with van der Waals surface area (Å²) in [5.41, 5.74) is 0. The first kappa shape index (κ1) is 23.0. The average Bonchev–Trinajstić information content (AvgIpc) is 3.11. The van der Waals surface area contributed by atoms with E-state index in [0.29, 0.717) is 13.2 Å². The normalized spacial score (nSPS) is 17.3. The minimum atomic E-state index is 0. The fourth-order valence-electron chi connectivity index (χ4n) is 3.19. The lowest BCUT2D eigenvalue weighted by atomic mass is 10.1. The van der Waals surface area contributed by atoms with Gasteiger partial charge in [-0.15, -0.1) is 24.0 Å². The first-order chi connectivity index (χ1) is 12.3. The SMILES string of the molecule is CCNC(=NCCOc1cccnc1)N1CCC(CN(CC)CC)C1.I. The van der Waals surface area contributed by atoms with Gasteiger partial charge in [-0.2, -0.15) is 0 Å². The summed E-state index contributed by atoms with van der Waals surface area (Å²) >= 11 is 0. The number of aliphatic imine (C=N–C) groups is 1. The Morgan fingerprint density at radius 1 is 1.38 bits per heavy atom. The molecule has 1 fully saturated rings. The summed E-state index contributed by atoms with van der Waals surface area (Å²) in [6, 6.07) is 3.79. The number of aromatic nitrogens is 1. The predicted molar refractivity (Wildman–Crippen MR) is 119 cm³/mol. The van der Waals surface area contributed by atoms with E-state index in [1.54, 1.807) is 12.4 Å². The van der Waals surface area contributed by atoms with E-state index in [9.17, 15) is 0 Å². The van der Waals surface area contributed by atoms with Crippen molar-refractivity contribution in [1.29, 1.82) is 0 Å². The Balaban J connectivity index is 0.00000338. The number of hydrogen-bond donors (Lipinski definition) is 1. The zero-order valence-electron chi connectivity index (χ0n) is 16.4. The molecule has 1 aromatic rings. The Hall–Kier alpha value is -1.09. The number of likely N-dealkylation sites (tertiary alicyclic amines) is 1. The summed E-state index contributed by atoms with van der Waals surface area (Å²) in [7, 11) is 0. The van der Waals surface area contributed by atoms with Gasteiger partial charge in [-0.3, -0.25) is 4.98 Å². The van der Waals surface area contributed by atoms with Crippen LogP contribution in [0.15, 0.2) is 29.5 Å². The molecule has 1 saturated heterocycles. The quantitative estimate of drug-likeness (QED) is 0.258. The van der Waals surface area contributed by atoms with Gasteiger partial charge in [-0.25, -0.2) is 4.99 Å². The van der Waals surface area contributed by atoms with Crippen LogP contribution in [0.5, 0.6) is 5.75 Å². The smallest absolute Gasteiger partial charge is 0.194 e. The molecule has 2 rings (SSSR count). The van der Waals surface area contributed by atoms with E-state index >= 15 is 0 Å². The molecule has 2 heterocycles. The third-order valence-corrected chi connectivity index (χ3v) is 4.59. The molecule has 1 aliphatic heterocycles. The molecule has 148 valence electrons. The number of hydrogen-bond acceptors (Lipinski definition) is 4. The molecule has 1 aliphatic rings. The Bertz CT molecular complexity index is 510. The summed E-state index contributed by atoms with van der Waals surface area (Å²) in [6.45, 7) is 14.3. The summed E-state index contributed by atoms with van der Waals surface area (Å²) in [6.07, 6.45) is 4.72. The second kappa shape index (κ2) is 13.1. The van der Waals surface area contributed by atoms with E-state index in [1.807, 2.05) is 12.1 Å². The Morgan fingerprint density at radius 3 is 2.85 bits per heavy atom. The lowest BCUT2D eigenvalue weighted by molar-refractivity contribution is 0.255. The minimum absolute atomic E-state index is 0. The van der Waals surface area contributed by atoms with Crippen molar-refractivity contribution in [2.45, 2.75) is 27.2 Å². The van der Waals surface area contributed by atoms with Crippen LogP contribution < -0.4 is 10.1 Å². The van der Waals surface area contributed by atoms with E-state index in [4.69, 9.17) is 9.73 Å². The summed E-state index contributed by atoms with van der Waals surface area (Å²) in [5.74, 6) is 2.54. The zero-order chi connectivity index (χ0) is 17.9. The Morgan fingerprint density at radius 2 is 2.19 bits per heavy atom. The van der Waals surface area contributed by atoms with Crippen LogP contribution in [0, 0.1) is 5.92 Å². The standard InChI is InChI=1S/C19H33N5O.HI/c1-4-21-19(22-11-13-25-18-8-7-10-20-14-18)24-12-9-17(16-24)15-23(5-2)6-3;/h7-8,10,14,17H,4-6,9,11-13,15-16H2,1-3H3,(H,21,22);1H. The van der Waals surface area contributed by atoms with Crippen LogP contribution >= 0.6 is 24.0 Å². The molecule has 1 unspecified atom stereocenters. The lowest BCUT2D eigenvalue weighted by Gasteiger charge is -2.24. The molecular formula is C19H34IN5O. The minimum Gasteiger partial charge on any atom is -0.490 e. The fourth-order valence-corrected chi connectivity index (χ4v) is 3.19. The highest BCUT2D eigenvalue weighted by Gasteiger charge is 2.25. The highest BCUT2D eigenvalue weighted by atomic mass is 127. The number of nitrogens with zero attached hydrogens (tertiary/aromatic N) is 4. The average molecular weight is 475 g/mol. The number of rotatable bonds is 9. The summed E-state index contributed by atoms with van der Waals surface area (Å²) < 4.78 is 5.68. The third kappa shape index (κ3) is 7.65. The molecule has 6 nitrogen and oxygen atoms in total. The molecule has 1 N–H and O–H groups in total. The molecule has 0 amide bonds. The van der Waals surface area contributed by atoms with Gasteiger partial charge in [0.05, 0.1) is 12.7 Å². The van der Waals surface area contributed by atoms with Crippen molar-refractivity contribution < 1.29 is 4.74 Å². The van der Waals surface area contributed by atoms with E-state index in [2.05, 4.69) is 40.9 Å². The van der Waals surface area contributed by atoms with Crippen molar-refractivity contribution in [3.05, 3.63) is 24.5 Å².